The Kier molecular flexibility index (Phi) is 4.50. The summed E-state index contributed by atoms with van der Waals surface area (Å²) < 4.78 is 0.0452. The minimum Gasteiger partial charge on any atom is -0.282 e. The summed E-state index contributed by atoms with van der Waals surface area (Å²) in [4.78, 5) is 22.5. The highest BCUT2D eigenvalue weighted by Crippen LogP contribution is 2.22. The van der Waals surface area contributed by atoms with E-state index in [4.69, 9.17) is 0 Å². The van der Waals surface area contributed by atoms with Crippen molar-refractivity contribution in [3.63, 3.8) is 0 Å². The van der Waals surface area contributed by atoms with Crippen molar-refractivity contribution in [1.82, 2.24) is 0 Å². The lowest BCUT2D eigenvalue weighted by Gasteiger charge is -2.04. The van der Waals surface area contributed by atoms with Crippen molar-refractivity contribution in [2.24, 2.45) is 0 Å². The second kappa shape index (κ2) is 5.92. The number of halogens is 2. The van der Waals surface area contributed by atoms with Gasteiger partial charge in [-0.15, -0.1) is 0 Å². The van der Waals surface area contributed by atoms with Gasteiger partial charge in [0, 0.05) is 56.3 Å². The molecular formula is C14H8I2O2. The van der Waals surface area contributed by atoms with Crippen LogP contribution in [0.25, 0.3) is 11.1 Å². The van der Waals surface area contributed by atoms with Gasteiger partial charge in [-0.1, -0.05) is 30.3 Å². The van der Waals surface area contributed by atoms with Crippen LogP contribution in [0.3, 0.4) is 0 Å². The molecule has 2 rings (SSSR count). The molecule has 4 heteroatoms. The molecule has 0 saturated heterocycles. The Morgan fingerprint density at radius 2 is 1.33 bits per heavy atom. The Balaban J connectivity index is 2.39. The fourth-order valence-electron chi connectivity index (χ4n) is 1.61. The molecule has 0 heterocycles. The summed E-state index contributed by atoms with van der Waals surface area (Å²) in [5.74, 6) is 0. The van der Waals surface area contributed by atoms with Crippen molar-refractivity contribution >= 4 is 52.8 Å². The number of hydrogen-bond acceptors (Lipinski definition) is 2. The smallest absolute Gasteiger partial charge is 0.222 e. The quantitative estimate of drug-likeness (QED) is 0.498. The molecule has 0 amide bonds. The van der Waals surface area contributed by atoms with Gasteiger partial charge in [0.05, 0.1) is 0 Å². The first-order valence-corrected chi connectivity index (χ1v) is 7.34. The maximum Gasteiger partial charge on any atom is 0.222 e. The number of carbonyl (C=O) groups excluding carboxylic acids is 2. The van der Waals surface area contributed by atoms with Gasteiger partial charge in [-0.3, -0.25) is 9.59 Å². The van der Waals surface area contributed by atoms with E-state index >= 15 is 0 Å². The van der Waals surface area contributed by atoms with Gasteiger partial charge in [0.1, 0.15) is 0 Å². The molecule has 2 aromatic carbocycles. The van der Waals surface area contributed by atoms with Crippen LogP contribution in [-0.4, -0.2) is 7.58 Å². The number of carbonyl (C=O) groups is 2. The summed E-state index contributed by atoms with van der Waals surface area (Å²) in [7, 11) is 0. The van der Waals surface area contributed by atoms with E-state index in [0.717, 1.165) is 11.1 Å². The molecular weight excluding hydrogens is 454 g/mol. The Hall–Kier alpha value is -0.760. The van der Waals surface area contributed by atoms with Crippen LogP contribution in [0.2, 0.25) is 0 Å². The van der Waals surface area contributed by atoms with E-state index in [1.54, 1.807) is 63.4 Å². The highest BCUT2D eigenvalue weighted by Gasteiger charge is 2.05. The average Bonchev–Trinajstić information content (AvgIpc) is 2.39. The molecule has 0 N–H and O–H groups in total. The van der Waals surface area contributed by atoms with Crippen molar-refractivity contribution in [3.05, 3.63) is 59.7 Å². The van der Waals surface area contributed by atoms with Gasteiger partial charge >= 0.3 is 0 Å². The highest BCUT2D eigenvalue weighted by atomic mass is 127. The third-order valence-corrected chi connectivity index (χ3v) is 3.78. The monoisotopic (exact) mass is 462 g/mol. The van der Waals surface area contributed by atoms with Crippen LogP contribution in [0, 0.1) is 0 Å². The van der Waals surface area contributed by atoms with Crippen molar-refractivity contribution in [2.45, 2.75) is 0 Å². The standard InChI is InChI=1S/C14H8I2O2/c15-13(17)10-6-4-9(5-7-10)11-2-1-3-12(8-11)14(16)18/h1-8H. The van der Waals surface area contributed by atoms with Gasteiger partial charge in [-0.25, -0.2) is 0 Å². The molecule has 2 nitrogen and oxygen atoms in total. The molecule has 0 aliphatic carbocycles. The molecule has 0 bridgehead atoms. The molecule has 0 fully saturated rings. The van der Waals surface area contributed by atoms with E-state index in [-0.39, 0.29) is 7.58 Å². The van der Waals surface area contributed by atoms with E-state index in [0.29, 0.717) is 11.1 Å². The van der Waals surface area contributed by atoms with Crippen LogP contribution in [0.4, 0.5) is 0 Å². The predicted octanol–water partition coefficient (Wildman–Crippen LogP) is 4.50. The molecule has 2 aromatic rings. The first-order chi connectivity index (χ1) is 8.58. The lowest BCUT2D eigenvalue weighted by Crippen LogP contribution is -1.90. The maximum absolute atomic E-state index is 11.3. The molecule has 0 aliphatic rings. The summed E-state index contributed by atoms with van der Waals surface area (Å²) in [6.45, 7) is 0. The fraction of sp³-hybridized carbons (Fsp3) is 0. The molecule has 0 spiro atoms. The predicted molar refractivity (Wildman–Crippen MR) is 88.6 cm³/mol. The summed E-state index contributed by atoms with van der Waals surface area (Å²) in [5, 5.41) is 0. The molecule has 0 unspecified atom stereocenters. The summed E-state index contributed by atoms with van der Waals surface area (Å²) >= 11 is 3.54. The second-order valence-electron chi connectivity index (χ2n) is 3.71. The molecule has 90 valence electrons. The van der Waals surface area contributed by atoms with E-state index in [1.165, 1.54) is 0 Å². The van der Waals surface area contributed by atoms with Gasteiger partial charge in [0.15, 0.2) is 0 Å². The van der Waals surface area contributed by atoms with E-state index in [2.05, 4.69) is 0 Å². The highest BCUT2D eigenvalue weighted by molar-refractivity contribution is 14.1. The van der Waals surface area contributed by atoms with Crippen LogP contribution in [0.15, 0.2) is 48.5 Å². The molecule has 0 radical (unpaired) electrons. The van der Waals surface area contributed by atoms with E-state index in [9.17, 15) is 9.59 Å². The molecule has 0 aromatic heterocycles. The maximum atomic E-state index is 11.3. The Labute approximate surface area is 132 Å². The van der Waals surface area contributed by atoms with Gasteiger partial charge in [0.2, 0.25) is 7.58 Å². The lowest BCUT2D eigenvalue weighted by molar-refractivity contribution is 0.109. The van der Waals surface area contributed by atoms with Crippen LogP contribution in [0.5, 0.6) is 0 Å². The average molecular weight is 462 g/mol. The topological polar surface area (TPSA) is 34.1 Å². The SMILES string of the molecule is O=C(I)c1ccc(-c2cccc(C(=O)I)c2)cc1. The normalized spacial score (nSPS) is 10.1. The van der Waals surface area contributed by atoms with Crippen molar-refractivity contribution in [3.8, 4) is 11.1 Å². The van der Waals surface area contributed by atoms with Crippen LogP contribution >= 0.6 is 45.2 Å². The van der Waals surface area contributed by atoms with Gasteiger partial charge in [-0.2, -0.15) is 0 Å². The summed E-state index contributed by atoms with van der Waals surface area (Å²) in [6.07, 6.45) is 0. The minimum atomic E-state index is 0.0218. The summed E-state index contributed by atoms with van der Waals surface area (Å²) in [6, 6.07) is 14.8. The molecule has 18 heavy (non-hydrogen) atoms. The number of hydrogen-bond donors (Lipinski definition) is 0. The zero-order chi connectivity index (χ0) is 13.1. The van der Waals surface area contributed by atoms with Crippen molar-refractivity contribution < 1.29 is 9.59 Å². The summed E-state index contributed by atoms with van der Waals surface area (Å²) in [5.41, 5.74) is 3.34. The minimum absolute atomic E-state index is 0.0218. The Morgan fingerprint density at radius 1 is 0.722 bits per heavy atom. The Morgan fingerprint density at radius 3 is 1.89 bits per heavy atom. The third-order valence-electron chi connectivity index (χ3n) is 2.53. The lowest BCUT2D eigenvalue weighted by atomic mass is 10.0. The van der Waals surface area contributed by atoms with Gasteiger partial charge in [0.25, 0.3) is 0 Å². The number of rotatable bonds is 3. The largest absolute Gasteiger partial charge is 0.282 e. The molecule has 0 saturated carbocycles. The third kappa shape index (κ3) is 3.17. The second-order valence-corrected chi connectivity index (χ2v) is 5.67. The van der Waals surface area contributed by atoms with Gasteiger partial charge < -0.3 is 0 Å². The van der Waals surface area contributed by atoms with Crippen molar-refractivity contribution in [2.75, 3.05) is 0 Å². The number of benzene rings is 2. The van der Waals surface area contributed by atoms with E-state index < -0.39 is 0 Å². The first-order valence-electron chi connectivity index (χ1n) is 5.18. The zero-order valence-corrected chi connectivity index (χ0v) is 13.5. The molecule has 0 atom stereocenters. The zero-order valence-electron chi connectivity index (χ0n) is 9.19. The molecule has 0 aliphatic heterocycles. The fourth-order valence-corrected chi connectivity index (χ4v) is 2.31. The van der Waals surface area contributed by atoms with E-state index in [1.807, 2.05) is 30.3 Å². The van der Waals surface area contributed by atoms with Crippen LogP contribution in [-0.2, 0) is 0 Å². The first kappa shape index (κ1) is 13.7. The van der Waals surface area contributed by atoms with Crippen LogP contribution in [0.1, 0.15) is 20.7 Å². The Bertz CT molecular complexity index is 603. The van der Waals surface area contributed by atoms with Crippen molar-refractivity contribution in [1.29, 1.82) is 0 Å². The van der Waals surface area contributed by atoms with Crippen LogP contribution < -0.4 is 0 Å². The van der Waals surface area contributed by atoms with Gasteiger partial charge in [-0.05, 0) is 29.3 Å².